The van der Waals surface area contributed by atoms with Gasteiger partial charge in [-0.05, 0) is 44.0 Å². The predicted molar refractivity (Wildman–Crippen MR) is 93.5 cm³/mol. The van der Waals surface area contributed by atoms with Crippen molar-refractivity contribution in [2.45, 2.75) is 36.8 Å². The fourth-order valence-corrected chi connectivity index (χ4v) is 4.59. The SMILES string of the molecule is CN1CCC[C@@]2(C[C@H](c3ccccc3)CO2)[C@@H]1c1ccccc1. The standard InChI is InChI=1S/C21H25NO/c1-22-14-8-13-21(20(22)18-11-6-3-7-12-18)15-19(16-23-21)17-9-4-2-5-10-17/h2-7,9-12,19-20H,8,13-16H2,1H3/t19-,20-,21+/m0/s1. The zero-order valence-electron chi connectivity index (χ0n) is 13.8. The van der Waals surface area contributed by atoms with Gasteiger partial charge in [0.15, 0.2) is 0 Å². The molecule has 0 aromatic heterocycles. The molecule has 2 aliphatic heterocycles. The van der Waals surface area contributed by atoms with Crippen molar-refractivity contribution in [1.29, 1.82) is 0 Å². The van der Waals surface area contributed by atoms with Crippen LogP contribution in [0.1, 0.15) is 42.3 Å². The zero-order valence-corrected chi connectivity index (χ0v) is 13.8. The summed E-state index contributed by atoms with van der Waals surface area (Å²) in [6, 6.07) is 22.1. The van der Waals surface area contributed by atoms with Gasteiger partial charge >= 0.3 is 0 Å². The molecule has 0 amide bonds. The van der Waals surface area contributed by atoms with Crippen LogP contribution < -0.4 is 0 Å². The molecule has 2 aliphatic rings. The van der Waals surface area contributed by atoms with Crippen molar-refractivity contribution in [2.75, 3.05) is 20.2 Å². The highest BCUT2D eigenvalue weighted by atomic mass is 16.5. The third kappa shape index (κ3) is 2.71. The second-order valence-electron chi connectivity index (χ2n) is 7.08. The number of hydrogen-bond acceptors (Lipinski definition) is 2. The number of piperidine rings is 1. The van der Waals surface area contributed by atoms with Crippen LogP contribution >= 0.6 is 0 Å². The zero-order chi connectivity index (χ0) is 15.7. The van der Waals surface area contributed by atoms with Crippen molar-refractivity contribution in [3.8, 4) is 0 Å². The molecule has 1 spiro atoms. The molecule has 0 radical (unpaired) electrons. The largest absolute Gasteiger partial charge is 0.372 e. The van der Waals surface area contributed by atoms with E-state index in [0.29, 0.717) is 12.0 Å². The lowest BCUT2D eigenvalue weighted by Crippen LogP contribution is -2.49. The molecule has 2 fully saturated rings. The maximum atomic E-state index is 6.54. The molecule has 4 rings (SSSR count). The molecule has 0 saturated carbocycles. The Labute approximate surface area is 139 Å². The van der Waals surface area contributed by atoms with Gasteiger partial charge < -0.3 is 4.74 Å². The number of likely N-dealkylation sites (N-methyl/N-ethyl adjacent to an activating group) is 1. The molecule has 23 heavy (non-hydrogen) atoms. The van der Waals surface area contributed by atoms with Crippen LogP contribution in [0.5, 0.6) is 0 Å². The first-order valence-electron chi connectivity index (χ1n) is 8.73. The summed E-state index contributed by atoms with van der Waals surface area (Å²) in [5.74, 6) is 0.522. The van der Waals surface area contributed by atoms with Gasteiger partial charge in [-0.2, -0.15) is 0 Å². The van der Waals surface area contributed by atoms with Gasteiger partial charge in [0.2, 0.25) is 0 Å². The van der Waals surface area contributed by atoms with Gasteiger partial charge in [-0.3, -0.25) is 4.90 Å². The summed E-state index contributed by atoms with van der Waals surface area (Å²) in [6.45, 7) is 2.00. The van der Waals surface area contributed by atoms with E-state index in [0.717, 1.165) is 19.6 Å². The molecule has 2 heterocycles. The van der Waals surface area contributed by atoms with E-state index in [1.54, 1.807) is 0 Å². The summed E-state index contributed by atoms with van der Waals surface area (Å²) in [7, 11) is 2.25. The normalized spacial score (nSPS) is 31.5. The Morgan fingerprint density at radius 2 is 1.61 bits per heavy atom. The fourth-order valence-electron chi connectivity index (χ4n) is 4.59. The smallest absolute Gasteiger partial charge is 0.0885 e. The highest BCUT2D eigenvalue weighted by molar-refractivity contribution is 5.27. The molecule has 0 bridgehead atoms. The van der Waals surface area contributed by atoms with Crippen molar-refractivity contribution in [2.24, 2.45) is 0 Å². The summed E-state index contributed by atoms with van der Waals surface area (Å²) in [5.41, 5.74) is 2.78. The minimum Gasteiger partial charge on any atom is -0.372 e. The average Bonchev–Trinajstić information content (AvgIpc) is 3.01. The van der Waals surface area contributed by atoms with Crippen LogP contribution in [-0.2, 0) is 4.74 Å². The predicted octanol–water partition coefficient (Wildman–Crippen LogP) is 4.40. The summed E-state index contributed by atoms with van der Waals surface area (Å²) in [4.78, 5) is 2.49. The van der Waals surface area contributed by atoms with Crippen LogP contribution in [0.25, 0.3) is 0 Å². The lowest BCUT2D eigenvalue weighted by molar-refractivity contribution is -0.0902. The number of ether oxygens (including phenoxy) is 1. The molecule has 2 heteroatoms. The summed E-state index contributed by atoms with van der Waals surface area (Å²) >= 11 is 0. The maximum Gasteiger partial charge on any atom is 0.0885 e. The monoisotopic (exact) mass is 307 g/mol. The van der Waals surface area contributed by atoms with Crippen molar-refractivity contribution in [3.05, 3.63) is 71.8 Å². The molecule has 2 saturated heterocycles. The van der Waals surface area contributed by atoms with E-state index >= 15 is 0 Å². The van der Waals surface area contributed by atoms with Gasteiger partial charge in [0.25, 0.3) is 0 Å². The molecule has 2 aromatic rings. The lowest BCUT2D eigenvalue weighted by Gasteiger charge is -2.46. The van der Waals surface area contributed by atoms with Crippen molar-refractivity contribution in [3.63, 3.8) is 0 Å². The van der Waals surface area contributed by atoms with Crippen molar-refractivity contribution < 1.29 is 4.74 Å². The Morgan fingerprint density at radius 3 is 2.30 bits per heavy atom. The van der Waals surface area contributed by atoms with Crippen LogP contribution in [0, 0.1) is 0 Å². The molecule has 0 unspecified atom stereocenters. The summed E-state index contributed by atoms with van der Waals surface area (Å²) in [6.07, 6.45) is 3.52. The lowest BCUT2D eigenvalue weighted by atomic mass is 9.76. The minimum atomic E-state index is -0.0329. The van der Waals surface area contributed by atoms with E-state index < -0.39 is 0 Å². The molecule has 0 aliphatic carbocycles. The fraction of sp³-hybridized carbons (Fsp3) is 0.429. The molecular formula is C21H25NO. The van der Waals surface area contributed by atoms with E-state index in [2.05, 4.69) is 72.6 Å². The first-order valence-corrected chi connectivity index (χ1v) is 8.73. The Bertz CT molecular complexity index is 641. The number of benzene rings is 2. The van der Waals surface area contributed by atoms with E-state index in [4.69, 9.17) is 4.74 Å². The Kier molecular flexibility index (Phi) is 3.96. The average molecular weight is 307 g/mol. The number of likely N-dealkylation sites (tertiary alicyclic amines) is 1. The quantitative estimate of drug-likeness (QED) is 0.815. The highest BCUT2D eigenvalue weighted by Gasteiger charge is 2.50. The van der Waals surface area contributed by atoms with E-state index in [-0.39, 0.29) is 5.60 Å². The van der Waals surface area contributed by atoms with Gasteiger partial charge in [-0.15, -0.1) is 0 Å². The molecular weight excluding hydrogens is 282 g/mol. The Balaban J connectivity index is 1.65. The van der Waals surface area contributed by atoms with Crippen molar-refractivity contribution in [1.82, 2.24) is 4.90 Å². The van der Waals surface area contributed by atoms with E-state index in [9.17, 15) is 0 Å². The van der Waals surface area contributed by atoms with Gasteiger partial charge in [0.05, 0.1) is 18.2 Å². The van der Waals surface area contributed by atoms with Crippen LogP contribution in [0.15, 0.2) is 60.7 Å². The van der Waals surface area contributed by atoms with Gasteiger partial charge in [0, 0.05) is 5.92 Å². The van der Waals surface area contributed by atoms with Gasteiger partial charge in [0.1, 0.15) is 0 Å². The van der Waals surface area contributed by atoms with Crippen LogP contribution in [0.2, 0.25) is 0 Å². The topological polar surface area (TPSA) is 12.5 Å². The Morgan fingerprint density at radius 1 is 0.957 bits per heavy atom. The van der Waals surface area contributed by atoms with Crippen LogP contribution in [0.4, 0.5) is 0 Å². The van der Waals surface area contributed by atoms with Crippen molar-refractivity contribution >= 4 is 0 Å². The molecule has 2 aromatic carbocycles. The second-order valence-corrected chi connectivity index (χ2v) is 7.08. The summed E-state index contributed by atoms with van der Waals surface area (Å²) < 4.78 is 6.54. The molecule has 120 valence electrons. The first kappa shape index (κ1) is 14.9. The second kappa shape index (κ2) is 6.10. The molecule has 3 atom stereocenters. The molecule has 0 N–H and O–H groups in total. The third-order valence-corrected chi connectivity index (χ3v) is 5.60. The minimum absolute atomic E-state index is 0.0329. The van der Waals surface area contributed by atoms with Gasteiger partial charge in [-0.25, -0.2) is 0 Å². The van der Waals surface area contributed by atoms with Crippen LogP contribution in [0.3, 0.4) is 0 Å². The van der Waals surface area contributed by atoms with Crippen LogP contribution in [-0.4, -0.2) is 30.7 Å². The summed E-state index contributed by atoms with van der Waals surface area (Å²) in [5, 5.41) is 0. The molecule has 2 nitrogen and oxygen atoms in total. The maximum absolute atomic E-state index is 6.54. The number of rotatable bonds is 2. The number of hydrogen-bond donors (Lipinski definition) is 0. The van der Waals surface area contributed by atoms with Gasteiger partial charge in [-0.1, -0.05) is 60.7 Å². The highest BCUT2D eigenvalue weighted by Crippen LogP contribution is 2.50. The Hall–Kier alpha value is -1.64. The third-order valence-electron chi connectivity index (χ3n) is 5.60. The van der Waals surface area contributed by atoms with E-state index in [1.807, 2.05) is 0 Å². The number of nitrogens with zero attached hydrogens (tertiary/aromatic N) is 1. The first-order chi connectivity index (χ1) is 11.3. The van der Waals surface area contributed by atoms with E-state index in [1.165, 1.54) is 24.0 Å².